The molecule has 9 nitrogen and oxygen atoms in total. The summed E-state index contributed by atoms with van der Waals surface area (Å²) in [4.78, 5) is 20.9. The van der Waals surface area contributed by atoms with Crippen molar-refractivity contribution in [2.75, 3.05) is 25.5 Å². The maximum Gasteiger partial charge on any atom is 0.270 e. The molecule has 21 heavy (non-hydrogen) atoms. The Morgan fingerprint density at radius 1 is 1.38 bits per heavy atom. The number of hydrogen-bond donors (Lipinski definition) is 3. The molecule has 1 aromatic rings. The first kappa shape index (κ1) is 16.9. The van der Waals surface area contributed by atoms with Gasteiger partial charge in [0.1, 0.15) is 4.90 Å². The van der Waals surface area contributed by atoms with Crippen molar-refractivity contribution in [1.29, 1.82) is 0 Å². The van der Waals surface area contributed by atoms with Crippen LogP contribution in [0.15, 0.2) is 23.1 Å². The summed E-state index contributed by atoms with van der Waals surface area (Å²) in [6.45, 7) is 1.75. The van der Waals surface area contributed by atoms with Gasteiger partial charge >= 0.3 is 0 Å². The summed E-state index contributed by atoms with van der Waals surface area (Å²) in [6.07, 6.45) is 0. The van der Waals surface area contributed by atoms with Crippen LogP contribution in [0.5, 0.6) is 0 Å². The average Bonchev–Trinajstić information content (AvgIpc) is 2.45. The van der Waals surface area contributed by atoms with E-state index in [1.54, 1.807) is 6.92 Å². The zero-order valence-corrected chi connectivity index (χ0v) is 12.4. The minimum atomic E-state index is -4.05. The number of carbonyl (C=O) groups is 1. The molecule has 0 bridgehead atoms. The van der Waals surface area contributed by atoms with Crippen molar-refractivity contribution < 1.29 is 18.1 Å². The number of nitro groups is 1. The molecule has 0 saturated carbocycles. The fourth-order valence-corrected chi connectivity index (χ4v) is 2.69. The summed E-state index contributed by atoms with van der Waals surface area (Å²) in [5.41, 5.74) is -0.121. The monoisotopic (exact) mass is 316 g/mol. The smallest absolute Gasteiger partial charge is 0.270 e. The second kappa shape index (κ2) is 6.99. The van der Waals surface area contributed by atoms with Gasteiger partial charge in [-0.05, 0) is 13.0 Å². The Hall–Kier alpha value is -2.20. The number of nitrogens with one attached hydrogen (secondary N) is 3. The maximum absolute atomic E-state index is 12.2. The van der Waals surface area contributed by atoms with Gasteiger partial charge in [-0.3, -0.25) is 14.9 Å². The lowest BCUT2D eigenvalue weighted by atomic mass is 10.3. The van der Waals surface area contributed by atoms with Crippen LogP contribution in [0.25, 0.3) is 0 Å². The number of likely N-dealkylation sites (N-methyl/N-ethyl adjacent to an activating group) is 1. The van der Waals surface area contributed by atoms with Crippen molar-refractivity contribution in [1.82, 2.24) is 10.0 Å². The highest BCUT2D eigenvalue weighted by Crippen LogP contribution is 2.26. The molecule has 1 aromatic carbocycles. The molecule has 0 aliphatic heterocycles. The van der Waals surface area contributed by atoms with Gasteiger partial charge in [-0.15, -0.1) is 0 Å². The molecule has 0 spiro atoms. The Labute approximate surface area is 121 Å². The zero-order chi connectivity index (χ0) is 16.0. The molecule has 0 aliphatic rings. The molecule has 0 atom stereocenters. The quantitative estimate of drug-likeness (QED) is 0.481. The van der Waals surface area contributed by atoms with Crippen LogP contribution in [0.1, 0.15) is 6.92 Å². The van der Waals surface area contributed by atoms with Crippen molar-refractivity contribution in [3.8, 4) is 0 Å². The topological polar surface area (TPSA) is 130 Å². The van der Waals surface area contributed by atoms with Gasteiger partial charge in [-0.25, -0.2) is 13.1 Å². The molecule has 0 fully saturated rings. The van der Waals surface area contributed by atoms with Gasteiger partial charge in [0, 0.05) is 25.7 Å². The van der Waals surface area contributed by atoms with Crippen molar-refractivity contribution in [3.63, 3.8) is 0 Å². The van der Waals surface area contributed by atoms with Gasteiger partial charge in [-0.1, -0.05) is 0 Å². The first-order chi connectivity index (χ1) is 9.81. The second-order valence-electron chi connectivity index (χ2n) is 3.97. The van der Waals surface area contributed by atoms with E-state index in [0.29, 0.717) is 6.54 Å². The number of sulfonamides is 1. The third-order valence-corrected chi connectivity index (χ3v) is 3.98. The maximum atomic E-state index is 12.2. The van der Waals surface area contributed by atoms with Crippen molar-refractivity contribution in [2.24, 2.45) is 0 Å². The summed E-state index contributed by atoms with van der Waals surface area (Å²) >= 11 is 0. The van der Waals surface area contributed by atoms with Crippen molar-refractivity contribution >= 4 is 27.3 Å². The van der Waals surface area contributed by atoms with Gasteiger partial charge in [-0.2, -0.15) is 0 Å². The van der Waals surface area contributed by atoms with Crippen molar-refractivity contribution in [3.05, 3.63) is 28.3 Å². The second-order valence-corrected chi connectivity index (χ2v) is 5.70. The van der Waals surface area contributed by atoms with E-state index >= 15 is 0 Å². The standard InChI is InChI=1S/C11H16N4O5S/c1-3-13-9-5-4-8(15(17)18)6-10(9)21(19,20)14-7-11(16)12-2/h4-6,13-14H,3,7H2,1-2H3,(H,12,16). The Morgan fingerprint density at radius 2 is 2.05 bits per heavy atom. The van der Waals surface area contributed by atoms with E-state index < -0.39 is 27.4 Å². The van der Waals surface area contributed by atoms with Crippen LogP contribution in [0.2, 0.25) is 0 Å². The number of amides is 1. The molecule has 0 heterocycles. The molecule has 116 valence electrons. The van der Waals surface area contributed by atoms with Gasteiger partial charge < -0.3 is 10.6 Å². The normalized spacial score (nSPS) is 11.0. The summed E-state index contributed by atoms with van der Waals surface area (Å²) in [5.74, 6) is -0.519. The lowest BCUT2D eigenvalue weighted by molar-refractivity contribution is -0.385. The number of carbonyl (C=O) groups excluding carboxylic acids is 1. The Morgan fingerprint density at radius 3 is 2.57 bits per heavy atom. The lowest BCUT2D eigenvalue weighted by Crippen LogP contribution is -2.35. The number of nitro benzene ring substituents is 1. The molecule has 0 saturated heterocycles. The van der Waals surface area contributed by atoms with Crippen LogP contribution in [0.3, 0.4) is 0 Å². The zero-order valence-electron chi connectivity index (χ0n) is 11.5. The van der Waals surface area contributed by atoms with E-state index in [2.05, 4.69) is 15.4 Å². The molecular weight excluding hydrogens is 300 g/mol. The predicted molar refractivity (Wildman–Crippen MR) is 76.5 cm³/mol. The lowest BCUT2D eigenvalue weighted by Gasteiger charge is -2.12. The van der Waals surface area contributed by atoms with E-state index in [4.69, 9.17) is 0 Å². The minimum absolute atomic E-state index is 0.229. The van der Waals surface area contributed by atoms with Crippen LogP contribution < -0.4 is 15.4 Å². The molecule has 10 heteroatoms. The summed E-state index contributed by atoms with van der Waals surface area (Å²) < 4.78 is 26.4. The van der Waals surface area contributed by atoms with Gasteiger partial charge in [0.05, 0.1) is 17.2 Å². The van der Waals surface area contributed by atoms with E-state index in [1.807, 2.05) is 0 Å². The van der Waals surface area contributed by atoms with Crippen LogP contribution in [-0.2, 0) is 14.8 Å². The largest absolute Gasteiger partial charge is 0.384 e. The average molecular weight is 316 g/mol. The number of anilines is 1. The third kappa shape index (κ3) is 4.39. The summed E-state index contributed by atoms with van der Waals surface area (Å²) in [6, 6.07) is 3.47. The SMILES string of the molecule is CCNc1ccc([N+](=O)[O-])cc1S(=O)(=O)NCC(=O)NC. The number of hydrogen-bond acceptors (Lipinski definition) is 6. The highest BCUT2D eigenvalue weighted by molar-refractivity contribution is 7.89. The number of non-ortho nitro benzene ring substituents is 1. The summed E-state index contributed by atoms with van der Waals surface area (Å²) in [5, 5.41) is 15.8. The molecule has 0 aliphatic carbocycles. The van der Waals surface area contributed by atoms with Crippen LogP contribution in [0, 0.1) is 10.1 Å². The Bertz CT molecular complexity index is 644. The highest BCUT2D eigenvalue weighted by Gasteiger charge is 2.22. The molecular formula is C11H16N4O5S. The van der Waals surface area contributed by atoms with Crippen molar-refractivity contribution in [2.45, 2.75) is 11.8 Å². The molecule has 3 N–H and O–H groups in total. The third-order valence-electron chi connectivity index (χ3n) is 2.53. The molecule has 0 aromatic heterocycles. The Balaban J connectivity index is 3.20. The number of rotatable bonds is 7. The molecule has 0 radical (unpaired) electrons. The highest BCUT2D eigenvalue weighted by atomic mass is 32.2. The van der Waals surface area contributed by atoms with E-state index in [-0.39, 0.29) is 16.3 Å². The molecule has 1 rings (SSSR count). The Kier molecular flexibility index (Phi) is 5.61. The van der Waals surface area contributed by atoms with Gasteiger partial charge in [0.2, 0.25) is 15.9 Å². The molecule has 0 unspecified atom stereocenters. The number of benzene rings is 1. The minimum Gasteiger partial charge on any atom is -0.384 e. The fourth-order valence-electron chi connectivity index (χ4n) is 1.51. The molecule has 1 amide bonds. The van der Waals surface area contributed by atoms with Crippen LogP contribution >= 0.6 is 0 Å². The number of nitrogens with zero attached hydrogens (tertiary/aromatic N) is 1. The first-order valence-corrected chi connectivity index (χ1v) is 7.52. The van der Waals surface area contributed by atoms with Gasteiger partial charge in [0.15, 0.2) is 0 Å². The van der Waals surface area contributed by atoms with E-state index in [1.165, 1.54) is 19.2 Å². The van der Waals surface area contributed by atoms with Crippen LogP contribution in [0.4, 0.5) is 11.4 Å². The van der Waals surface area contributed by atoms with Crippen LogP contribution in [-0.4, -0.2) is 39.4 Å². The van der Waals surface area contributed by atoms with E-state index in [9.17, 15) is 23.3 Å². The predicted octanol–water partition coefficient (Wildman–Crippen LogP) is 0.0509. The van der Waals surface area contributed by atoms with Gasteiger partial charge in [0.25, 0.3) is 5.69 Å². The fraction of sp³-hybridized carbons (Fsp3) is 0.364. The summed E-state index contributed by atoms with van der Waals surface area (Å²) in [7, 11) is -2.68. The van der Waals surface area contributed by atoms with E-state index in [0.717, 1.165) is 6.07 Å². The first-order valence-electron chi connectivity index (χ1n) is 6.04.